The molecule has 1 unspecified atom stereocenters. The van der Waals surface area contributed by atoms with E-state index in [4.69, 9.17) is 28.1 Å². The average molecular weight is 301 g/mol. The van der Waals surface area contributed by atoms with E-state index in [-0.39, 0.29) is 17.5 Å². The van der Waals surface area contributed by atoms with Crippen molar-refractivity contribution in [3.05, 3.63) is 12.3 Å². The van der Waals surface area contributed by atoms with Crippen LogP contribution in [0.4, 0.5) is 0 Å². The Bertz CT molecular complexity index is 274. The van der Waals surface area contributed by atoms with Gasteiger partial charge in [-0.05, 0) is 20.8 Å². The molecular formula is C11H21ClO7. The van der Waals surface area contributed by atoms with Crippen LogP contribution >= 0.6 is 0 Å². The van der Waals surface area contributed by atoms with Crippen molar-refractivity contribution in [3.8, 4) is 0 Å². The van der Waals surface area contributed by atoms with Gasteiger partial charge in [0.15, 0.2) is 5.60 Å². The summed E-state index contributed by atoms with van der Waals surface area (Å²) < 4.78 is 49.4. The topological polar surface area (TPSA) is 124 Å². The first-order chi connectivity index (χ1) is 8.39. The molecule has 1 N–H and O–H groups in total. The summed E-state index contributed by atoms with van der Waals surface area (Å²) in [5.74, 6) is 0. The number of hydrogen-bond donors (Lipinski definition) is 0. The second-order valence-electron chi connectivity index (χ2n) is 4.87. The first kappa shape index (κ1) is 18.6. The van der Waals surface area contributed by atoms with Crippen LogP contribution in [0.5, 0.6) is 0 Å². The molecule has 1 atom stereocenters. The van der Waals surface area contributed by atoms with Crippen molar-refractivity contribution in [1.29, 1.82) is 0 Å². The van der Waals surface area contributed by atoms with Crippen LogP contribution in [0.2, 0.25) is 0 Å². The maximum atomic E-state index is 8.49. The van der Waals surface area contributed by atoms with Crippen molar-refractivity contribution in [2.75, 3.05) is 6.61 Å². The third-order valence-electron chi connectivity index (χ3n) is 2.84. The molecular weight excluding hydrogens is 280 g/mol. The Kier molecular flexibility index (Phi) is 6.70. The Hall–Kier alpha value is -0.410. The van der Waals surface area contributed by atoms with E-state index in [9.17, 15) is 0 Å². The van der Waals surface area contributed by atoms with E-state index in [1.165, 1.54) is 0 Å². The highest BCUT2D eigenvalue weighted by atomic mass is 35.7. The van der Waals surface area contributed by atoms with Gasteiger partial charge in [0.1, 0.15) is 5.60 Å². The van der Waals surface area contributed by atoms with Gasteiger partial charge in [0.05, 0.1) is 18.9 Å². The summed E-state index contributed by atoms with van der Waals surface area (Å²) in [6.07, 6.45) is 3.33. The first-order valence-corrected chi connectivity index (χ1v) is 6.92. The Morgan fingerprint density at radius 1 is 1.21 bits per heavy atom. The van der Waals surface area contributed by atoms with E-state index in [1.807, 2.05) is 13.0 Å². The van der Waals surface area contributed by atoms with Crippen LogP contribution in [0.1, 0.15) is 34.6 Å². The summed E-state index contributed by atoms with van der Waals surface area (Å²) in [6, 6.07) is 0. The molecule has 0 saturated carbocycles. The highest BCUT2D eigenvalue weighted by Gasteiger charge is 2.53. The monoisotopic (exact) mass is 300 g/mol. The van der Waals surface area contributed by atoms with Gasteiger partial charge in [-0.1, -0.05) is 0 Å². The molecule has 0 aromatic carbocycles. The quantitative estimate of drug-likeness (QED) is 0.410. The lowest BCUT2D eigenvalue weighted by Crippen LogP contribution is -2.68. The lowest BCUT2D eigenvalue weighted by molar-refractivity contribution is -2.00. The number of ether oxygens (including phenoxy) is 3. The van der Waals surface area contributed by atoms with Crippen molar-refractivity contribution < 1.29 is 43.1 Å². The lowest BCUT2D eigenvalue weighted by atomic mass is 9.90. The van der Waals surface area contributed by atoms with Crippen LogP contribution in [-0.4, -0.2) is 28.8 Å². The molecule has 8 heteroatoms. The van der Waals surface area contributed by atoms with Crippen LogP contribution in [0.15, 0.2) is 12.3 Å². The molecule has 0 amide bonds. The van der Waals surface area contributed by atoms with E-state index in [2.05, 4.69) is 32.4 Å². The molecule has 0 aromatic heterocycles. The summed E-state index contributed by atoms with van der Waals surface area (Å²) in [5, 5.41) is 0. The number of halogens is 1. The maximum Gasteiger partial charge on any atom is 0.289 e. The van der Waals surface area contributed by atoms with Crippen LogP contribution < -0.4 is 18.6 Å². The predicted molar refractivity (Wildman–Crippen MR) is 56.0 cm³/mol. The summed E-state index contributed by atoms with van der Waals surface area (Å²) in [4.78, 5) is 0. The number of aliphatic hydroxyl groups is 2. The van der Waals surface area contributed by atoms with E-state index in [1.54, 1.807) is 6.26 Å². The van der Waals surface area contributed by atoms with Gasteiger partial charge in [-0.3, -0.25) is 4.74 Å². The lowest BCUT2D eigenvalue weighted by Gasteiger charge is -2.25. The number of hydrogen-bond acceptors (Lipinski definition) is 6. The smallest absolute Gasteiger partial charge is 0.289 e. The molecule has 1 aliphatic heterocycles. The fraction of sp³-hybridized carbons (Fsp3) is 0.818. The van der Waals surface area contributed by atoms with Gasteiger partial charge in [0.25, 0.3) is 6.29 Å². The summed E-state index contributed by atoms with van der Waals surface area (Å²) >= 11 is 0. The van der Waals surface area contributed by atoms with Gasteiger partial charge in [-0.15, -0.1) is 10.2 Å². The third-order valence-corrected chi connectivity index (χ3v) is 2.84. The van der Waals surface area contributed by atoms with E-state index in [0.29, 0.717) is 6.61 Å². The maximum absolute atomic E-state index is 8.49. The molecule has 1 saturated heterocycles. The Morgan fingerprint density at radius 2 is 1.68 bits per heavy atom. The molecule has 0 bridgehead atoms. The molecule has 1 aliphatic rings. The van der Waals surface area contributed by atoms with Crippen molar-refractivity contribution in [2.24, 2.45) is 0 Å². The van der Waals surface area contributed by atoms with Crippen molar-refractivity contribution >= 4 is 0 Å². The minimum atomic E-state index is -4.94. The van der Waals surface area contributed by atoms with Gasteiger partial charge in [0, 0.05) is 13.8 Å². The Labute approximate surface area is 115 Å². The van der Waals surface area contributed by atoms with Gasteiger partial charge in [-0.2, -0.15) is 0 Å². The average Bonchev–Trinajstić information content (AvgIpc) is 2.32. The van der Waals surface area contributed by atoms with E-state index >= 15 is 0 Å². The highest BCUT2D eigenvalue weighted by Crippen LogP contribution is 2.36. The molecule has 1 rings (SSSR count). The fourth-order valence-corrected chi connectivity index (χ4v) is 1.25. The Balaban J connectivity index is 0.000000555. The van der Waals surface area contributed by atoms with Gasteiger partial charge in [0.2, 0.25) is 0 Å². The molecule has 1 fully saturated rings. The SMILES string of the molecule is CCOC=CC1OC(C)(C)C(C)(C)[OH+]1.[O-][Cl+3]([O-])([O-])[O-]. The molecule has 0 spiro atoms. The van der Waals surface area contributed by atoms with Gasteiger partial charge >= 0.3 is 0 Å². The van der Waals surface area contributed by atoms with Gasteiger partial charge in [-0.25, -0.2) is 18.6 Å². The fourth-order valence-electron chi connectivity index (χ4n) is 1.25. The largest absolute Gasteiger partial charge is 0.501 e. The highest BCUT2D eigenvalue weighted by molar-refractivity contribution is 4.97. The van der Waals surface area contributed by atoms with Crippen molar-refractivity contribution in [3.63, 3.8) is 0 Å². The second kappa shape index (κ2) is 6.85. The van der Waals surface area contributed by atoms with E-state index in [0.717, 1.165) is 0 Å². The molecule has 7 nitrogen and oxygen atoms in total. The molecule has 0 aliphatic carbocycles. The normalized spacial score (nSPS) is 25.0. The first-order valence-electron chi connectivity index (χ1n) is 5.69. The van der Waals surface area contributed by atoms with Crippen LogP contribution in [0, 0.1) is 10.2 Å². The van der Waals surface area contributed by atoms with Crippen LogP contribution in [0.3, 0.4) is 0 Å². The predicted octanol–water partition coefficient (Wildman–Crippen LogP) is -2.78. The van der Waals surface area contributed by atoms with Crippen LogP contribution in [-0.2, 0) is 9.47 Å². The second-order valence-corrected chi connectivity index (χ2v) is 5.62. The van der Waals surface area contributed by atoms with Crippen LogP contribution in [0.25, 0.3) is 0 Å². The zero-order chi connectivity index (χ0) is 15.3. The zero-order valence-electron chi connectivity index (χ0n) is 11.7. The summed E-state index contributed by atoms with van der Waals surface area (Å²) in [6.45, 7) is 10.9. The third kappa shape index (κ3) is 7.68. The molecule has 1 heterocycles. The van der Waals surface area contributed by atoms with Crippen molar-refractivity contribution in [2.45, 2.75) is 52.1 Å². The minimum absolute atomic E-state index is 0.145. The molecule has 0 aromatic rings. The summed E-state index contributed by atoms with van der Waals surface area (Å²) in [5.41, 5.74) is -0.359. The van der Waals surface area contributed by atoms with Gasteiger partial charge < -0.3 is 9.47 Å². The zero-order valence-corrected chi connectivity index (χ0v) is 12.5. The Morgan fingerprint density at radius 3 is 2.00 bits per heavy atom. The molecule has 114 valence electrons. The summed E-state index contributed by atoms with van der Waals surface area (Å²) in [7, 11) is -4.94. The van der Waals surface area contributed by atoms with E-state index < -0.39 is 10.2 Å². The molecule has 19 heavy (non-hydrogen) atoms. The standard InChI is InChI=1S/C11H20O3.ClHO4/c1-6-12-8-7-9-13-10(2,3)11(4,5)14-9;2-1(3,4)5/h7-9H,6H2,1-5H3;(H,2,3,4,5). The molecule has 0 radical (unpaired) electrons. The number of rotatable bonds is 3. The minimum Gasteiger partial charge on any atom is -0.501 e. The van der Waals surface area contributed by atoms with Crippen molar-refractivity contribution in [1.82, 2.24) is 0 Å².